The first kappa shape index (κ1) is 14.3. The molecule has 1 heterocycles. The van der Waals surface area contributed by atoms with E-state index in [1.807, 2.05) is 41.5 Å². The molecule has 1 fully saturated rings. The summed E-state index contributed by atoms with van der Waals surface area (Å²) in [6.07, 6.45) is -0.258. The predicted octanol–water partition coefficient (Wildman–Crippen LogP) is 1.93. The Labute approximate surface area is 103 Å². The third kappa shape index (κ3) is 5.37. The van der Waals surface area contributed by atoms with Crippen LogP contribution in [-0.2, 0) is 9.57 Å². The molecule has 1 aliphatic heterocycles. The number of nitrogens with one attached hydrogen (secondary N) is 1. The molecule has 0 aromatic carbocycles. The van der Waals surface area contributed by atoms with Crippen molar-refractivity contribution in [3.8, 4) is 0 Å². The Hall–Kier alpha value is -0.810. The van der Waals surface area contributed by atoms with Gasteiger partial charge in [0.1, 0.15) is 5.60 Å². The average molecular weight is 244 g/mol. The molecule has 0 unspecified atom stereocenters. The van der Waals surface area contributed by atoms with E-state index in [1.165, 1.54) is 0 Å². The number of hydrogen-bond donors (Lipinski definition) is 1. The van der Waals surface area contributed by atoms with Crippen LogP contribution in [0.2, 0.25) is 0 Å². The lowest BCUT2D eigenvalue weighted by atomic mass is 10.1. The summed E-state index contributed by atoms with van der Waals surface area (Å²) in [4.78, 5) is 18.7. The van der Waals surface area contributed by atoms with E-state index in [0.717, 1.165) is 0 Å². The Morgan fingerprint density at radius 2 is 1.65 bits per heavy atom. The van der Waals surface area contributed by atoms with Gasteiger partial charge in [-0.2, -0.15) is 5.48 Å². The lowest BCUT2D eigenvalue weighted by Crippen LogP contribution is -2.61. The molecule has 1 N–H and O–H groups in total. The van der Waals surface area contributed by atoms with E-state index in [0.29, 0.717) is 13.1 Å². The molecule has 1 amide bonds. The summed E-state index contributed by atoms with van der Waals surface area (Å²) < 4.78 is 5.25. The molecule has 100 valence electrons. The summed E-state index contributed by atoms with van der Waals surface area (Å²) >= 11 is 0. The molecule has 0 radical (unpaired) electrons. The highest BCUT2D eigenvalue weighted by Gasteiger charge is 2.34. The van der Waals surface area contributed by atoms with Crippen LogP contribution in [0.1, 0.15) is 41.5 Å². The Morgan fingerprint density at radius 1 is 1.12 bits per heavy atom. The van der Waals surface area contributed by atoms with Crippen LogP contribution in [0.4, 0.5) is 4.79 Å². The number of hydrogen-bond acceptors (Lipinski definition) is 4. The molecule has 0 aliphatic carbocycles. The maximum absolute atomic E-state index is 11.6. The fourth-order valence-electron chi connectivity index (χ4n) is 1.29. The van der Waals surface area contributed by atoms with Gasteiger partial charge in [0, 0.05) is 13.1 Å². The van der Waals surface area contributed by atoms with Gasteiger partial charge in [-0.25, -0.2) is 4.79 Å². The summed E-state index contributed by atoms with van der Waals surface area (Å²) in [5.41, 5.74) is 2.31. The molecule has 1 aliphatic rings. The van der Waals surface area contributed by atoms with Gasteiger partial charge in [-0.05, 0) is 41.5 Å². The van der Waals surface area contributed by atoms with Crippen LogP contribution >= 0.6 is 0 Å². The molecule has 0 spiro atoms. The van der Waals surface area contributed by atoms with Gasteiger partial charge in [-0.1, -0.05) is 0 Å². The number of likely N-dealkylation sites (tertiary alicyclic amines) is 1. The third-order valence-electron chi connectivity index (χ3n) is 2.07. The van der Waals surface area contributed by atoms with Crippen LogP contribution in [0.15, 0.2) is 0 Å². The van der Waals surface area contributed by atoms with Gasteiger partial charge < -0.3 is 9.64 Å². The number of hydroxylamine groups is 1. The SMILES string of the molecule is CC(C)(C)ONC1CN(C(=O)OC(C)(C)C)C1. The topological polar surface area (TPSA) is 50.8 Å². The number of carbonyl (C=O) groups is 1. The quantitative estimate of drug-likeness (QED) is 0.754. The molecule has 5 nitrogen and oxygen atoms in total. The van der Waals surface area contributed by atoms with Crippen molar-refractivity contribution in [2.75, 3.05) is 13.1 Å². The number of rotatable bonds is 2. The highest BCUT2D eigenvalue weighted by Crippen LogP contribution is 2.16. The Bertz CT molecular complexity index is 272. The summed E-state index contributed by atoms with van der Waals surface area (Å²) in [5.74, 6) is 0. The maximum Gasteiger partial charge on any atom is 0.410 e. The molecule has 1 saturated heterocycles. The van der Waals surface area contributed by atoms with Crippen LogP contribution in [0.25, 0.3) is 0 Å². The molecule has 0 aromatic heterocycles. The van der Waals surface area contributed by atoms with E-state index in [9.17, 15) is 4.79 Å². The van der Waals surface area contributed by atoms with Gasteiger partial charge in [0.05, 0.1) is 11.6 Å². The van der Waals surface area contributed by atoms with Crippen molar-refractivity contribution in [2.45, 2.75) is 58.8 Å². The molecule has 0 aromatic rings. The summed E-state index contributed by atoms with van der Waals surface area (Å²) in [5, 5.41) is 0. The first-order chi connectivity index (χ1) is 7.57. The van der Waals surface area contributed by atoms with Gasteiger partial charge in [0.2, 0.25) is 0 Å². The molecular formula is C12H24N2O3. The van der Waals surface area contributed by atoms with Crippen LogP contribution in [0.5, 0.6) is 0 Å². The summed E-state index contributed by atoms with van der Waals surface area (Å²) in [6.45, 7) is 12.8. The zero-order chi connectivity index (χ0) is 13.3. The van der Waals surface area contributed by atoms with Crippen LogP contribution in [0, 0.1) is 0 Å². The highest BCUT2D eigenvalue weighted by atomic mass is 16.7. The van der Waals surface area contributed by atoms with E-state index >= 15 is 0 Å². The highest BCUT2D eigenvalue weighted by molar-refractivity contribution is 5.69. The Morgan fingerprint density at radius 3 is 2.06 bits per heavy atom. The lowest BCUT2D eigenvalue weighted by Gasteiger charge is -2.40. The molecule has 0 bridgehead atoms. The van der Waals surface area contributed by atoms with Crippen molar-refractivity contribution >= 4 is 6.09 Å². The van der Waals surface area contributed by atoms with E-state index in [1.54, 1.807) is 4.90 Å². The fourth-order valence-corrected chi connectivity index (χ4v) is 1.29. The number of amides is 1. The van der Waals surface area contributed by atoms with Crippen molar-refractivity contribution in [3.05, 3.63) is 0 Å². The van der Waals surface area contributed by atoms with Gasteiger partial charge in [-0.3, -0.25) is 4.84 Å². The largest absolute Gasteiger partial charge is 0.444 e. The number of nitrogens with zero attached hydrogens (tertiary/aromatic N) is 1. The molecule has 1 rings (SSSR count). The van der Waals surface area contributed by atoms with Crippen LogP contribution in [-0.4, -0.2) is 41.3 Å². The monoisotopic (exact) mass is 244 g/mol. The van der Waals surface area contributed by atoms with Crippen LogP contribution in [0.3, 0.4) is 0 Å². The van der Waals surface area contributed by atoms with Crippen LogP contribution < -0.4 is 5.48 Å². The van der Waals surface area contributed by atoms with Crippen molar-refractivity contribution < 1.29 is 14.4 Å². The summed E-state index contributed by atoms with van der Waals surface area (Å²) in [7, 11) is 0. The lowest BCUT2D eigenvalue weighted by molar-refractivity contribution is -0.110. The molecule has 5 heteroatoms. The summed E-state index contributed by atoms with van der Waals surface area (Å²) in [6, 6.07) is 0.196. The molecular weight excluding hydrogens is 220 g/mol. The molecule has 0 saturated carbocycles. The molecule has 0 atom stereocenters. The standard InChI is InChI=1S/C12H24N2O3/c1-11(2,3)16-10(15)14-7-9(8-14)13-17-12(4,5)6/h9,13H,7-8H2,1-6H3. The van der Waals surface area contributed by atoms with E-state index in [2.05, 4.69) is 5.48 Å². The van der Waals surface area contributed by atoms with Crippen molar-refractivity contribution in [3.63, 3.8) is 0 Å². The van der Waals surface area contributed by atoms with Gasteiger partial charge in [0.15, 0.2) is 0 Å². The first-order valence-electron chi connectivity index (χ1n) is 5.98. The minimum absolute atomic E-state index is 0.196. The van der Waals surface area contributed by atoms with E-state index in [4.69, 9.17) is 9.57 Å². The minimum atomic E-state index is -0.433. The van der Waals surface area contributed by atoms with Crippen molar-refractivity contribution in [1.82, 2.24) is 10.4 Å². The second kappa shape index (κ2) is 4.82. The molecule has 17 heavy (non-hydrogen) atoms. The van der Waals surface area contributed by atoms with Crippen molar-refractivity contribution in [1.29, 1.82) is 0 Å². The van der Waals surface area contributed by atoms with E-state index < -0.39 is 5.60 Å². The Kier molecular flexibility index (Phi) is 4.04. The third-order valence-corrected chi connectivity index (χ3v) is 2.07. The normalized spacial score (nSPS) is 17.9. The predicted molar refractivity (Wildman–Crippen MR) is 65.6 cm³/mol. The maximum atomic E-state index is 11.6. The first-order valence-corrected chi connectivity index (χ1v) is 5.98. The second-order valence-corrected chi connectivity index (χ2v) is 6.41. The zero-order valence-electron chi connectivity index (χ0n) is 11.7. The Balaban J connectivity index is 2.21. The zero-order valence-corrected chi connectivity index (χ0v) is 11.7. The fraction of sp³-hybridized carbons (Fsp3) is 0.917. The minimum Gasteiger partial charge on any atom is -0.444 e. The smallest absolute Gasteiger partial charge is 0.410 e. The van der Waals surface area contributed by atoms with Gasteiger partial charge >= 0.3 is 6.09 Å². The number of carbonyl (C=O) groups excluding carboxylic acids is 1. The second-order valence-electron chi connectivity index (χ2n) is 6.41. The van der Waals surface area contributed by atoms with Crippen molar-refractivity contribution in [2.24, 2.45) is 0 Å². The van der Waals surface area contributed by atoms with Gasteiger partial charge in [-0.15, -0.1) is 0 Å². The van der Waals surface area contributed by atoms with E-state index in [-0.39, 0.29) is 17.7 Å². The van der Waals surface area contributed by atoms with Gasteiger partial charge in [0.25, 0.3) is 0 Å². The number of ether oxygens (including phenoxy) is 1. The average Bonchev–Trinajstić information content (AvgIpc) is 1.94.